The standard InChI is InChI=1S/C32H40N8O4/c1-3-24(2)40-31(41)38(23-35-40)28-8-6-26(7-9-28)36-16-18-37(19-17-36)27-10-12-29(13-11-27)42-20-30-21-43-32(44-30,25-4-5-25)22-39-33-14-15-34-39/h6-15,23-25,30H,3-5,16-22H2,1-2H3/t24-,30?,32?/m0/s1. The average molecular weight is 601 g/mol. The van der Waals surface area contributed by atoms with Crippen molar-refractivity contribution >= 4 is 11.4 Å². The molecule has 0 radical (unpaired) electrons. The Morgan fingerprint density at radius 3 is 2.14 bits per heavy atom. The van der Waals surface area contributed by atoms with Gasteiger partial charge in [-0.2, -0.15) is 20.1 Å². The topological polar surface area (TPSA) is 105 Å². The second-order valence-electron chi connectivity index (χ2n) is 12.0. The van der Waals surface area contributed by atoms with E-state index in [1.54, 1.807) is 32.8 Å². The highest BCUT2D eigenvalue weighted by Gasteiger charge is 2.53. The Hall–Kier alpha value is -4.16. The highest BCUT2D eigenvalue weighted by Crippen LogP contribution is 2.46. The van der Waals surface area contributed by atoms with Gasteiger partial charge in [-0.05, 0) is 74.7 Å². The van der Waals surface area contributed by atoms with Crippen LogP contribution < -0.4 is 20.2 Å². The monoisotopic (exact) mass is 600 g/mol. The van der Waals surface area contributed by atoms with Crippen molar-refractivity contribution in [3.05, 3.63) is 77.7 Å². The Kier molecular flexibility index (Phi) is 7.85. The molecule has 3 fully saturated rings. The maximum absolute atomic E-state index is 12.8. The van der Waals surface area contributed by atoms with Gasteiger partial charge in [0.05, 0.1) is 30.7 Å². The van der Waals surface area contributed by atoms with Gasteiger partial charge < -0.3 is 24.0 Å². The first-order valence-corrected chi connectivity index (χ1v) is 15.7. The molecule has 3 aliphatic rings. The van der Waals surface area contributed by atoms with Crippen molar-refractivity contribution in [1.29, 1.82) is 0 Å². The van der Waals surface area contributed by atoms with Crippen LogP contribution in [0.25, 0.3) is 5.69 Å². The van der Waals surface area contributed by atoms with Gasteiger partial charge in [0.2, 0.25) is 0 Å². The van der Waals surface area contributed by atoms with E-state index in [9.17, 15) is 4.79 Å². The Morgan fingerprint density at radius 2 is 1.52 bits per heavy atom. The predicted molar refractivity (Wildman–Crippen MR) is 165 cm³/mol. The summed E-state index contributed by atoms with van der Waals surface area (Å²) < 4.78 is 21.9. The summed E-state index contributed by atoms with van der Waals surface area (Å²) in [5, 5.41) is 12.8. The van der Waals surface area contributed by atoms with Gasteiger partial charge in [-0.1, -0.05) is 6.92 Å². The fourth-order valence-electron chi connectivity index (χ4n) is 6.10. The highest BCUT2D eigenvalue weighted by molar-refractivity contribution is 5.54. The van der Waals surface area contributed by atoms with E-state index in [0.29, 0.717) is 25.7 Å². The Labute approximate surface area is 256 Å². The van der Waals surface area contributed by atoms with Crippen molar-refractivity contribution in [3.63, 3.8) is 0 Å². The summed E-state index contributed by atoms with van der Waals surface area (Å²) in [6, 6.07) is 16.6. The molecule has 1 saturated carbocycles. The van der Waals surface area contributed by atoms with Gasteiger partial charge in [0, 0.05) is 43.5 Å². The van der Waals surface area contributed by atoms with Crippen molar-refractivity contribution in [3.8, 4) is 11.4 Å². The van der Waals surface area contributed by atoms with E-state index in [4.69, 9.17) is 14.2 Å². The molecule has 2 aromatic heterocycles. The number of benzene rings is 2. The van der Waals surface area contributed by atoms with Crippen LogP contribution in [-0.4, -0.2) is 80.6 Å². The van der Waals surface area contributed by atoms with E-state index in [1.807, 2.05) is 31.2 Å². The lowest BCUT2D eigenvalue weighted by Crippen LogP contribution is -2.46. The molecule has 0 bridgehead atoms. The lowest BCUT2D eigenvalue weighted by molar-refractivity contribution is -0.198. The molecule has 12 heteroatoms. The second kappa shape index (κ2) is 12.1. The van der Waals surface area contributed by atoms with Crippen molar-refractivity contribution < 1.29 is 14.2 Å². The molecular formula is C32H40N8O4. The Bertz CT molecular complexity index is 1570. The summed E-state index contributed by atoms with van der Waals surface area (Å²) in [4.78, 5) is 19.2. The maximum atomic E-state index is 12.8. The zero-order valence-corrected chi connectivity index (χ0v) is 25.4. The van der Waals surface area contributed by atoms with E-state index >= 15 is 0 Å². The number of hydrogen-bond acceptors (Lipinski definition) is 9. The van der Waals surface area contributed by atoms with Gasteiger partial charge >= 0.3 is 5.69 Å². The minimum atomic E-state index is -0.655. The third-order valence-electron chi connectivity index (χ3n) is 9.02. The van der Waals surface area contributed by atoms with Gasteiger partial charge in [0.15, 0.2) is 5.79 Å². The van der Waals surface area contributed by atoms with Gasteiger partial charge in [0.25, 0.3) is 0 Å². The molecule has 7 rings (SSSR count). The molecule has 2 aliphatic heterocycles. The summed E-state index contributed by atoms with van der Waals surface area (Å²) in [6.07, 6.45) is 7.90. The van der Waals surface area contributed by atoms with E-state index in [1.165, 1.54) is 5.69 Å². The zero-order chi connectivity index (χ0) is 30.1. The first-order valence-electron chi connectivity index (χ1n) is 15.7. The van der Waals surface area contributed by atoms with E-state index < -0.39 is 5.79 Å². The van der Waals surface area contributed by atoms with Crippen molar-refractivity contribution in [2.75, 3.05) is 49.2 Å². The number of aromatic nitrogens is 6. The first kappa shape index (κ1) is 28.6. The summed E-state index contributed by atoms with van der Waals surface area (Å²) in [6.45, 7) is 9.18. The molecule has 0 spiro atoms. The third kappa shape index (κ3) is 5.83. The molecular weight excluding hydrogens is 560 g/mol. The van der Waals surface area contributed by atoms with E-state index in [2.05, 4.69) is 56.3 Å². The van der Waals surface area contributed by atoms with Gasteiger partial charge in [-0.25, -0.2) is 14.0 Å². The molecule has 232 valence electrons. The smallest absolute Gasteiger partial charge is 0.350 e. The molecule has 2 unspecified atom stereocenters. The van der Waals surface area contributed by atoms with Crippen molar-refractivity contribution in [2.45, 2.75) is 57.6 Å². The van der Waals surface area contributed by atoms with Crippen LogP contribution in [-0.2, 0) is 16.0 Å². The second-order valence-corrected chi connectivity index (χ2v) is 12.0. The molecule has 4 heterocycles. The summed E-state index contributed by atoms with van der Waals surface area (Å²) in [5.41, 5.74) is 3.07. The molecule has 0 N–H and O–H groups in total. The van der Waals surface area contributed by atoms with Crippen LogP contribution in [0.2, 0.25) is 0 Å². The van der Waals surface area contributed by atoms with Crippen LogP contribution in [0, 0.1) is 5.92 Å². The molecule has 0 amide bonds. The first-order chi connectivity index (χ1) is 21.5. The summed E-state index contributed by atoms with van der Waals surface area (Å²) >= 11 is 0. The average Bonchev–Trinajstić information content (AvgIpc) is 3.46. The molecule has 3 atom stereocenters. The van der Waals surface area contributed by atoms with Gasteiger partial charge in [-0.15, -0.1) is 0 Å². The number of nitrogens with zero attached hydrogens (tertiary/aromatic N) is 8. The summed E-state index contributed by atoms with van der Waals surface area (Å²) in [7, 11) is 0. The molecule has 44 heavy (non-hydrogen) atoms. The minimum Gasteiger partial charge on any atom is -0.491 e. The van der Waals surface area contributed by atoms with Crippen LogP contribution >= 0.6 is 0 Å². The lowest BCUT2D eigenvalue weighted by Gasteiger charge is -2.37. The van der Waals surface area contributed by atoms with Crippen LogP contribution in [0.4, 0.5) is 11.4 Å². The van der Waals surface area contributed by atoms with Gasteiger partial charge in [-0.3, -0.25) is 0 Å². The largest absolute Gasteiger partial charge is 0.491 e. The molecule has 1 aliphatic carbocycles. The summed E-state index contributed by atoms with van der Waals surface area (Å²) in [5.74, 6) is 0.550. The fraction of sp³-hybridized carbons (Fsp3) is 0.500. The molecule has 4 aromatic rings. The van der Waals surface area contributed by atoms with Crippen LogP contribution in [0.15, 0.2) is 72.0 Å². The normalized spacial score (nSPS) is 22.8. The minimum absolute atomic E-state index is 0.0781. The number of rotatable bonds is 11. The Balaban J connectivity index is 0.895. The molecule has 12 nitrogen and oxygen atoms in total. The number of ether oxygens (including phenoxy) is 3. The van der Waals surface area contributed by atoms with Crippen LogP contribution in [0.3, 0.4) is 0 Å². The predicted octanol–water partition coefficient (Wildman–Crippen LogP) is 3.52. The molecule has 2 saturated heterocycles. The van der Waals surface area contributed by atoms with Crippen LogP contribution in [0.5, 0.6) is 5.75 Å². The zero-order valence-electron chi connectivity index (χ0n) is 25.4. The molecule has 2 aromatic carbocycles. The van der Waals surface area contributed by atoms with E-state index in [0.717, 1.165) is 62.6 Å². The van der Waals surface area contributed by atoms with Crippen molar-refractivity contribution in [2.24, 2.45) is 5.92 Å². The quantitative estimate of drug-likeness (QED) is 0.256. The van der Waals surface area contributed by atoms with E-state index in [-0.39, 0.29) is 17.8 Å². The number of anilines is 2. The number of hydrogen-bond donors (Lipinski definition) is 0. The highest BCUT2D eigenvalue weighted by atomic mass is 16.8. The third-order valence-corrected chi connectivity index (χ3v) is 9.02. The Morgan fingerprint density at radius 1 is 0.909 bits per heavy atom. The fourth-order valence-corrected chi connectivity index (χ4v) is 6.10. The SMILES string of the molecule is CC[C@H](C)n1ncn(-c2ccc(N3CCN(c4ccc(OCC5COC(Cn6nccn6)(C6CC6)O5)cc4)CC3)cc2)c1=O. The van der Waals surface area contributed by atoms with Crippen LogP contribution in [0.1, 0.15) is 39.2 Å². The van der Waals surface area contributed by atoms with Gasteiger partial charge in [0.1, 0.15) is 31.3 Å². The lowest BCUT2D eigenvalue weighted by atomic mass is 10.1. The van der Waals surface area contributed by atoms with Crippen molar-refractivity contribution in [1.82, 2.24) is 29.3 Å². The number of piperazine rings is 1. The maximum Gasteiger partial charge on any atom is 0.350 e.